The number of carbonyl (C=O) groups is 1. The van der Waals surface area contributed by atoms with Gasteiger partial charge >= 0.3 is 0 Å². The number of rotatable bonds is 9. The minimum absolute atomic E-state index is 0.143. The lowest BCUT2D eigenvalue weighted by Gasteiger charge is -2.17. The third-order valence-corrected chi connectivity index (χ3v) is 6.03. The number of aryl methyl sites for hydroxylation is 2. The zero-order chi connectivity index (χ0) is 18.2. The highest BCUT2D eigenvalue weighted by atomic mass is 32.2. The predicted octanol–water partition coefficient (Wildman–Crippen LogP) is 4.37. The maximum Gasteiger partial charge on any atom is 0.233 e. The van der Waals surface area contributed by atoms with Gasteiger partial charge in [0.2, 0.25) is 11.0 Å². The minimum atomic E-state index is 0.143. The third kappa shape index (κ3) is 5.19. The maximum atomic E-state index is 12.1. The van der Waals surface area contributed by atoms with E-state index in [4.69, 9.17) is 0 Å². The van der Waals surface area contributed by atoms with E-state index < -0.39 is 0 Å². The number of para-hydroxylation sites is 1. The van der Waals surface area contributed by atoms with Gasteiger partial charge in [0.15, 0.2) is 4.34 Å². The van der Waals surface area contributed by atoms with E-state index in [1.54, 1.807) is 0 Å². The SMILES string of the molecule is CCc1cccc(CC)c1Nc1nnc(SCC(=O)N(CC)CC)s1. The van der Waals surface area contributed by atoms with Crippen molar-refractivity contribution in [1.82, 2.24) is 15.1 Å². The van der Waals surface area contributed by atoms with Crippen LogP contribution in [0, 0.1) is 0 Å². The highest BCUT2D eigenvalue weighted by molar-refractivity contribution is 8.01. The Hall–Kier alpha value is -1.60. The topological polar surface area (TPSA) is 58.1 Å². The lowest BCUT2D eigenvalue weighted by atomic mass is 10.0. The smallest absolute Gasteiger partial charge is 0.233 e. The van der Waals surface area contributed by atoms with Gasteiger partial charge in [-0.05, 0) is 37.8 Å². The van der Waals surface area contributed by atoms with E-state index in [9.17, 15) is 4.79 Å². The number of hydrogen-bond acceptors (Lipinski definition) is 6. The molecule has 0 atom stereocenters. The van der Waals surface area contributed by atoms with Gasteiger partial charge in [-0.15, -0.1) is 10.2 Å². The summed E-state index contributed by atoms with van der Waals surface area (Å²) < 4.78 is 0.815. The third-order valence-electron chi connectivity index (χ3n) is 4.07. The number of carbonyl (C=O) groups excluding carboxylic acids is 1. The van der Waals surface area contributed by atoms with Crippen LogP contribution in [0.25, 0.3) is 0 Å². The molecule has 0 aliphatic heterocycles. The van der Waals surface area contributed by atoms with Gasteiger partial charge in [0.05, 0.1) is 5.75 Å². The summed E-state index contributed by atoms with van der Waals surface area (Å²) in [5, 5.41) is 12.6. The number of amides is 1. The van der Waals surface area contributed by atoms with Crippen molar-refractivity contribution in [2.75, 3.05) is 24.2 Å². The molecular formula is C18H26N4OS2. The fourth-order valence-corrected chi connectivity index (χ4v) is 4.28. The van der Waals surface area contributed by atoms with Gasteiger partial charge in [0.1, 0.15) is 0 Å². The summed E-state index contributed by atoms with van der Waals surface area (Å²) in [6.07, 6.45) is 1.93. The molecule has 5 nitrogen and oxygen atoms in total. The van der Waals surface area contributed by atoms with Gasteiger partial charge in [0.25, 0.3) is 0 Å². The Kier molecular flexibility index (Phi) is 7.71. The average molecular weight is 379 g/mol. The van der Waals surface area contributed by atoms with Gasteiger partial charge in [-0.2, -0.15) is 0 Å². The second kappa shape index (κ2) is 9.77. The Labute approximate surface area is 158 Å². The summed E-state index contributed by atoms with van der Waals surface area (Å²) in [5.41, 5.74) is 3.69. The molecule has 0 saturated heterocycles. The quantitative estimate of drug-likeness (QED) is 0.657. The molecule has 0 spiro atoms. The minimum Gasteiger partial charge on any atom is -0.343 e. The van der Waals surface area contributed by atoms with Gasteiger partial charge in [-0.25, -0.2) is 0 Å². The first-order valence-corrected chi connectivity index (χ1v) is 10.5. The van der Waals surface area contributed by atoms with Crippen molar-refractivity contribution in [3.63, 3.8) is 0 Å². The molecule has 136 valence electrons. The van der Waals surface area contributed by atoms with Gasteiger partial charge in [-0.3, -0.25) is 4.79 Å². The summed E-state index contributed by atoms with van der Waals surface area (Å²) >= 11 is 2.95. The first-order valence-electron chi connectivity index (χ1n) is 8.74. The lowest BCUT2D eigenvalue weighted by molar-refractivity contribution is -0.127. The summed E-state index contributed by atoms with van der Waals surface area (Å²) in [6, 6.07) is 6.38. The first kappa shape index (κ1) is 19.7. The van der Waals surface area contributed by atoms with Crippen LogP contribution in [0.3, 0.4) is 0 Å². The van der Waals surface area contributed by atoms with E-state index in [1.165, 1.54) is 34.2 Å². The van der Waals surface area contributed by atoms with Crippen LogP contribution in [0.15, 0.2) is 22.5 Å². The van der Waals surface area contributed by atoms with Crippen molar-refractivity contribution in [3.8, 4) is 0 Å². The molecule has 2 aromatic rings. The molecule has 1 amide bonds. The Morgan fingerprint density at radius 1 is 1.12 bits per heavy atom. The monoisotopic (exact) mass is 378 g/mol. The second-order valence-electron chi connectivity index (χ2n) is 5.51. The molecule has 0 fully saturated rings. The number of nitrogens with zero attached hydrogens (tertiary/aromatic N) is 3. The summed E-state index contributed by atoms with van der Waals surface area (Å²) in [6.45, 7) is 9.78. The molecule has 0 aliphatic rings. The molecule has 7 heteroatoms. The molecule has 0 aliphatic carbocycles. The Morgan fingerprint density at radius 2 is 1.76 bits per heavy atom. The first-order chi connectivity index (χ1) is 12.1. The molecule has 0 unspecified atom stereocenters. The number of thioether (sulfide) groups is 1. The van der Waals surface area contributed by atoms with Crippen LogP contribution in [0.5, 0.6) is 0 Å². The molecule has 0 radical (unpaired) electrons. The van der Waals surface area contributed by atoms with Crippen LogP contribution >= 0.6 is 23.1 Å². The van der Waals surface area contributed by atoms with Crippen LogP contribution in [0.4, 0.5) is 10.8 Å². The normalized spacial score (nSPS) is 10.7. The van der Waals surface area contributed by atoms with E-state index in [2.05, 4.69) is 47.6 Å². The van der Waals surface area contributed by atoms with Gasteiger partial charge in [-0.1, -0.05) is 55.1 Å². The molecule has 1 aromatic carbocycles. The van der Waals surface area contributed by atoms with Crippen molar-refractivity contribution in [1.29, 1.82) is 0 Å². The van der Waals surface area contributed by atoms with Gasteiger partial charge in [0, 0.05) is 18.8 Å². The van der Waals surface area contributed by atoms with E-state index >= 15 is 0 Å². The molecule has 1 N–H and O–H groups in total. The highest BCUT2D eigenvalue weighted by Crippen LogP contribution is 2.31. The Morgan fingerprint density at radius 3 is 2.32 bits per heavy atom. The van der Waals surface area contributed by atoms with Crippen LogP contribution in [-0.2, 0) is 17.6 Å². The summed E-state index contributed by atoms with van der Waals surface area (Å²) in [7, 11) is 0. The molecule has 0 saturated carbocycles. The van der Waals surface area contributed by atoms with Crippen LogP contribution < -0.4 is 5.32 Å². The lowest BCUT2D eigenvalue weighted by Crippen LogP contribution is -2.31. The van der Waals surface area contributed by atoms with Crippen LogP contribution in [-0.4, -0.2) is 39.8 Å². The summed E-state index contributed by atoms with van der Waals surface area (Å²) in [4.78, 5) is 13.9. The molecule has 0 bridgehead atoms. The zero-order valence-corrected chi connectivity index (χ0v) is 17.0. The molecular weight excluding hydrogens is 352 g/mol. The van der Waals surface area contributed by atoms with Gasteiger partial charge < -0.3 is 10.2 Å². The number of anilines is 2. The maximum absolute atomic E-state index is 12.1. The van der Waals surface area contributed by atoms with E-state index in [0.29, 0.717) is 5.75 Å². The Balaban J connectivity index is 2.04. The van der Waals surface area contributed by atoms with Crippen LogP contribution in [0.2, 0.25) is 0 Å². The van der Waals surface area contributed by atoms with Crippen LogP contribution in [0.1, 0.15) is 38.8 Å². The highest BCUT2D eigenvalue weighted by Gasteiger charge is 2.13. The fraction of sp³-hybridized carbons (Fsp3) is 0.500. The molecule has 1 aromatic heterocycles. The number of aromatic nitrogens is 2. The fourth-order valence-electron chi connectivity index (χ4n) is 2.62. The number of hydrogen-bond donors (Lipinski definition) is 1. The summed E-state index contributed by atoms with van der Waals surface area (Å²) in [5.74, 6) is 0.548. The van der Waals surface area contributed by atoms with Crippen molar-refractivity contribution in [2.45, 2.75) is 44.9 Å². The second-order valence-corrected chi connectivity index (χ2v) is 7.71. The van der Waals surface area contributed by atoms with Crippen molar-refractivity contribution in [3.05, 3.63) is 29.3 Å². The zero-order valence-electron chi connectivity index (χ0n) is 15.3. The predicted molar refractivity (Wildman–Crippen MR) is 107 cm³/mol. The molecule has 2 rings (SSSR count). The van der Waals surface area contributed by atoms with E-state index in [1.807, 2.05) is 18.7 Å². The number of benzene rings is 1. The Bertz CT molecular complexity index is 676. The molecule has 1 heterocycles. The van der Waals surface area contributed by atoms with Crippen molar-refractivity contribution in [2.24, 2.45) is 0 Å². The standard InChI is InChI=1S/C18H26N4OS2/c1-5-13-10-9-11-14(6-2)16(13)19-17-20-21-18(25-17)24-12-15(23)22(7-3)8-4/h9-11H,5-8,12H2,1-4H3,(H,19,20). The van der Waals surface area contributed by atoms with Crippen molar-refractivity contribution >= 4 is 39.8 Å². The average Bonchev–Trinajstić information content (AvgIpc) is 3.08. The number of nitrogens with one attached hydrogen (secondary N) is 1. The van der Waals surface area contributed by atoms with E-state index in [-0.39, 0.29) is 5.91 Å². The molecule has 25 heavy (non-hydrogen) atoms. The van der Waals surface area contributed by atoms with Crippen molar-refractivity contribution < 1.29 is 4.79 Å². The largest absolute Gasteiger partial charge is 0.343 e. The van der Waals surface area contributed by atoms with E-state index in [0.717, 1.165) is 41.1 Å².